The van der Waals surface area contributed by atoms with E-state index in [0.29, 0.717) is 0 Å². The first-order valence-electron chi connectivity index (χ1n) is 5.03. The Balaban J connectivity index is 2.14. The molecule has 2 unspecified atom stereocenters. The molecule has 2 atom stereocenters. The number of rotatable bonds is 6. The lowest BCUT2D eigenvalue weighted by Crippen LogP contribution is -2.21. The maximum Gasteiger partial charge on any atom is 0.0897 e. The number of aryl methyl sites for hydroxylation is 1. The average molecular weight is 246 g/mol. The second kappa shape index (κ2) is 6.35. The fourth-order valence-corrected chi connectivity index (χ4v) is 2.24. The lowest BCUT2D eigenvalue weighted by molar-refractivity contribution is 0.624. The van der Waals surface area contributed by atoms with Crippen molar-refractivity contribution in [1.82, 2.24) is 10.3 Å². The van der Waals surface area contributed by atoms with Crippen molar-refractivity contribution in [3.63, 3.8) is 0 Å². The SMILES string of the molecule is Cc1nc(CNCCC(C)S(C)=O)cs1. The molecule has 0 spiro atoms. The van der Waals surface area contributed by atoms with Crippen LogP contribution in [0.2, 0.25) is 0 Å². The van der Waals surface area contributed by atoms with Crippen molar-refractivity contribution in [3.05, 3.63) is 16.1 Å². The predicted molar refractivity (Wildman–Crippen MR) is 66.7 cm³/mol. The third kappa shape index (κ3) is 4.86. The first kappa shape index (κ1) is 12.8. The van der Waals surface area contributed by atoms with E-state index in [2.05, 4.69) is 15.7 Å². The third-order valence-electron chi connectivity index (χ3n) is 2.27. The van der Waals surface area contributed by atoms with E-state index in [9.17, 15) is 4.21 Å². The third-order valence-corrected chi connectivity index (χ3v) is 4.46. The molecule has 0 saturated carbocycles. The van der Waals surface area contributed by atoms with Gasteiger partial charge in [-0.1, -0.05) is 6.92 Å². The standard InChI is InChI=1S/C10H18N2OS2/c1-8(15(3)13)4-5-11-6-10-7-14-9(2)12-10/h7-8,11H,4-6H2,1-3H3. The maximum absolute atomic E-state index is 11.1. The lowest BCUT2D eigenvalue weighted by atomic mass is 10.3. The molecular formula is C10H18N2OS2. The van der Waals surface area contributed by atoms with Crippen LogP contribution in [-0.2, 0) is 17.3 Å². The minimum atomic E-state index is -0.708. The van der Waals surface area contributed by atoms with Gasteiger partial charge in [-0.3, -0.25) is 4.21 Å². The maximum atomic E-state index is 11.1. The van der Waals surface area contributed by atoms with E-state index in [-0.39, 0.29) is 5.25 Å². The lowest BCUT2D eigenvalue weighted by Gasteiger charge is -2.08. The summed E-state index contributed by atoms with van der Waals surface area (Å²) in [7, 11) is -0.708. The number of thiazole rings is 1. The van der Waals surface area contributed by atoms with Gasteiger partial charge in [-0.25, -0.2) is 4.98 Å². The van der Waals surface area contributed by atoms with E-state index in [1.807, 2.05) is 13.8 Å². The Kier molecular flexibility index (Phi) is 5.42. The topological polar surface area (TPSA) is 42.0 Å². The van der Waals surface area contributed by atoms with Crippen LogP contribution >= 0.6 is 11.3 Å². The van der Waals surface area contributed by atoms with Crippen LogP contribution in [0.15, 0.2) is 5.38 Å². The summed E-state index contributed by atoms with van der Waals surface area (Å²) in [4.78, 5) is 4.36. The molecule has 0 bridgehead atoms. The van der Waals surface area contributed by atoms with Gasteiger partial charge in [-0.2, -0.15) is 0 Å². The average Bonchev–Trinajstić information content (AvgIpc) is 2.58. The Morgan fingerprint density at radius 3 is 2.93 bits per heavy atom. The zero-order valence-electron chi connectivity index (χ0n) is 9.45. The van der Waals surface area contributed by atoms with Gasteiger partial charge in [0.15, 0.2) is 0 Å². The fourth-order valence-electron chi connectivity index (χ4n) is 1.18. The van der Waals surface area contributed by atoms with E-state index >= 15 is 0 Å². The first-order valence-corrected chi connectivity index (χ1v) is 7.53. The predicted octanol–water partition coefficient (Wildman–Crippen LogP) is 1.70. The summed E-state index contributed by atoms with van der Waals surface area (Å²) in [5.74, 6) is 0. The molecule has 86 valence electrons. The van der Waals surface area contributed by atoms with Crippen molar-refractivity contribution in [3.8, 4) is 0 Å². The van der Waals surface area contributed by atoms with E-state index in [1.165, 1.54) is 0 Å². The quantitative estimate of drug-likeness (QED) is 0.777. The van der Waals surface area contributed by atoms with Crippen LogP contribution in [0.5, 0.6) is 0 Å². The van der Waals surface area contributed by atoms with Crippen LogP contribution < -0.4 is 5.32 Å². The number of nitrogens with zero attached hydrogens (tertiary/aromatic N) is 1. The van der Waals surface area contributed by atoms with Gasteiger partial charge in [0.2, 0.25) is 0 Å². The summed E-state index contributed by atoms with van der Waals surface area (Å²) in [5.41, 5.74) is 1.10. The van der Waals surface area contributed by atoms with E-state index in [1.54, 1.807) is 17.6 Å². The van der Waals surface area contributed by atoms with Gasteiger partial charge in [-0.15, -0.1) is 11.3 Å². The Labute approximate surface area is 97.8 Å². The smallest absolute Gasteiger partial charge is 0.0897 e. The van der Waals surface area contributed by atoms with E-state index < -0.39 is 10.8 Å². The highest BCUT2D eigenvalue weighted by atomic mass is 32.2. The summed E-state index contributed by atoms with van der Waals surface area (Å²) >= 11 is 1.67. The zero-order chi connectivity index (χ0) is 11.3. The largest absolute Gasteiger partial charge is 0.311 e. The summed E-state index contributed by atoms with van der Waals surface area (Å²) in [6.45, 7) is 5.74. The van der Waals surface area contributed by atoms with Gasteiger partial charge in [0.25, 0.3) is 0 Å². The number of hydrogen-bond acceptors (Lipinski definition) is 4. The molecule has 1 rings (SSSR count). The summed E-state index contributed by atoms with van der Waals surface area (Å²) in [5, 5.41) is 6.76. The minimum absolute atomic E-state index is 0.273. The summed E-state index contributed by atoms with van der Waals surface area (Å²) < 4.78 is 11.1. The molecule has 0 saturated heterocycles. The van der Waals surface area contributed by atoms with E-state index in [0.717, 1.165) is 30.2 Å². The second-order valence-corrected chi connectivity index (χ2v) is 6.50. The monoisotopic (exact) mass is 246 g/mol. The molecule has 1 N–H and O–H groups in total. The fraction of sp³-hybridized carbons (Fsp3) is 0.700. The summed E-state index contributed by atoms with van der Waals surface area (Å²) in [6, 6.07) is 0. The molecule has 3 nitrogen and oxygen atoms in total. The Morgan fingerprint density at radius 1 is 1.67 bits per heavy atom. The molecule has 0 amide bonds. The zero-order valence-corrected chi connectivity index (χ0v) is 11.1. The van der Waals surface area contributed by atoms with Crippen LogP contribution in [0.1, 0.15) is 24.0 Å². The van der Waals surface area contributed by atoms with Gasteiger partial charge in [-0.05, 0) is 19.9 Å². The van der Waals surface area contributed by atoms with Gasteiger partial charge < -0.3 is 5.32 Å². The van der Waals surface area contributed by atoms with Crippen molar-refractivity contribution < 1.29 is 4.21 Å². The van der Waals surface area contributed by atoms with Crippen molar-refractivity contribution >= 4 is 22.1 Å². The molecule has 0 aliphatic rings. The molecule has 1 aromatic rings. The molecule has 0 aromatic carbocycles. The first-order chi connectivity index (χ1) is 7.09. The Hall–Kier alpha value is -0.260. The second-order valence-electron chi connectivity index (χ2n) is 3.63. The molecule has 15 heavy (non-hydrogen) atoms. The van der Waals surface area contributed by atoms with E-state index in [4.69, 9.17) is 0 Å². The summed E-state index contributed by atoms with van der Waals surface area (Å²) in [6.07, 6.45) is 2.71. The Morgan fingerprint density at radius 2 is 2.40 bits per heavy atom. The van der Waals surface area contributed by atoms with Gasteiger partial charge in [0.1, 0.15) is 0 Å². The van der Waals surface area contributed by atoms with Crippen molar-refractivity contribution in [2.45, 2.75) is 32.1 Å². The molecule has 1 heterocycles. The Bertz CT molecular complexity index is 325. The molecule has 0 radical (unpaired) electrons. The highest BCUT2D eigenvalue weighted by Crippen LogP contribution is 2.07. The van der Waals surface area contributed by atoms with Crippen LogP contribution in [0.25, 0.3) is 0 Å². The molecule has 0 aliphatic carbocycles. The van der Waals surface area contributed by atoms with Crippen LogP contribution in [0.3, 0.4) is 0 Å². The molecule has 0 fully saturated rings. The number of aromatic nitrogens is 1. The van der Waals surface area contributed by atoms with Gasteiger partial charge >= 0.3 is 0 Å². The molecular weight excluding hydrogens is 228 g/mol. The normalized spacial score (nSPS) is 15.1. The van der Waals surface area contributed by atoms with Crippen LogP contribution in [0.4, 0.5) is 0 Å². The number of hydrogen-bond donors (Lipinski definition) is 1. The van der Waals surface area contributed by atoms with Crippen molar-refractivity contribution in [1.29, 1.82) is 0 Å². The minimum Gasteiger partial charge on any atom is -0.311 e. The van der Waals surface area contributed by atoms with Crippen molar-refractivity contribution in [2.75, 3.05) is 12.8 Å². The number of nitrogens with one attached hydrogen (secondary N) is 1. The van der Waals surface area contributed by atoms with Crippen LogP contribution in [-0.4, -0.2) is 27.2 Å². The highest BCUT2D eigenvalue weighted by Gasteiger charge is 2.05. The van der Waals surface area contributed by atoms with Crippen LogP contribution in [0, 0.1) is 6.92 Å². The molecule has 1 aromatic heterocycles. The molecule has 5 heteroatoms. The molecule has 0 aliphatic heterocycles. The van der Waals surface area contributed by atoms with Crippen molar-refractivity contribution in [2.24, 2.45) is 0 Å². The highest BCUT2D eigenvalue weighted by molar-refractivity contribution is 7.84. The van der Waals surface area contributed by atoms with Gasteiger partial charge in [0.05, 0.1) is 10.7 Å². The van der Waals surface area contributed by atoms with Gasteiger partial charge in [0, 0.05) is 34.2 Å².